The standard InChI is InChI=1S/C9H16O3.C2H4/c1-3-5-8(10)6-7-9(11)12-4-2;1-2/h3-7H2,1-2H3;1-2H2. The zero-order chi connectivity index (χ0) is 11.4. The van der Waals surface area contributed by atoms with E-state index >= 15 is 0 Å². The predicted octanol–water partition coefficient (Wildman–Crippen LogP) is 2.50. The van der Waals surface area contributed by atoms with Crippen LogP contribution in [0, 0.1) is 0 Å². The number of Topliss-reactive ketones (excluding diaryl/α,β-unsaturated/α-hetero) is 1. The summed E-state index contributed by atoms with van der Waals surface area (Å²) in [6.45, 7) is 10.1. The molecule has 0 heterocycles. The van der Waals surface area contributed by atoms with Crippen LogP contribution in [-0.4, -0.2) is 18.4 Å². The van der Waals surface area contributed by atoms with Crippen molar-refractivity contribution in [3.05, 3.63) is 13.2 Å². The molecular formula is C11H20O3. The summed E-state index contributed by atoms with van der Waals surface area (Å²) in [6, 6.07) is 0. The van der Waals surface area contributed by atoms with Gasteiger partial charge in [-0.1, -0.05) is 6.92 Å². The summed E-state index contributed by atoms with van der Waals surface area (Å²) in [5, 5.41) is 0. The molecule has 0 rings (SSSR count). The number of carbonyl (C=O) groups excluding carboxylic acids is 2. The SMILES string of the molecule is C=C.CCCC(=O)CCC(=O)OCC. The van der Waals surface area contributed by atoms with Crippen LogP contribution in [0.2, 0.25) is 0 Å². The number of ketones is 1. The number of esters is 1. The van der Waals surface area contributed by atoms with Gasteiger partial charge in [0.25, 0.3) is 0 Å². The second-order valence-electron chi connectivity index (χ2n) is 2.59. The second kappa shape index (κ2) is 11.9. The van der Waals surface area contributed by atoms with Gasteiger partial charge in [-0.2, -0.15) is 0 Å². The van der Waals surface area contributed by atoms with Crippen LogP contribution in [0.25, 0.3) is 0 Å². The number of ether oxygens (including phenoxy) is 1. The molecule has 0 saturated heterocycles. The molecule has 3 nitrogen and oxygen atoms in total. The van der Waals surface area contributed by atoms with Crippen LogP contribution in [0.3, 0.4) is 0 Å². The van der Waals surface area contributed by atoms with Crippen LogP contribution in [0.4, 0.5) is 0 Å². The minimum atomic E-state index is -0.276. The first-order chi connectivity index (χ1) is 6.70. The Labute approximate surface area is 86.1 Å². The van der Waals surface area contributed by atoms with Crippen molar-refractivity contribution in [2.24, 2.45) is 0 Å². The quantitative estimate of drug-likeness (QED) is 0.488. The van der Waals surface area contributed by atoms with Crippen LogP contribution in [0.15, 0.2) is 13.2 Å². The normalized spacial score (nSPS) is 8.43. The predicted molar refractivity (Wildman–Crippen MR) is 57.0 cm³/mol. The Morgan fingerprint density at radius 2 is 1.64 bits per heavy atom. The van der Waals surface area contributed by atoms with Crippen LogP contribution in [0.5, 0.6) is 0 Å². The van der Waals surface area contributed by atoms with Gasteiger partial charge < -0.3 is 4.74 Å². The Kier molecular flexibility index (Phi) is 13.0. The summed E-state index contributed by atoms with van der Waals surface area (Å²) in [5.41, 5.74) is 0. The minimum absolute atomic E-state index is 0.144. The van der Waals surface area contributed by atoms with Crippen molar-refractivity contribution in [3.63, 3.8) is 0 Å². The van der Waals surface area contributed by atoms with Crippen LogP contribution in [0.1, 0.15) is 39.5 Å². The number of rotatable bonds is 6. The number of carbonyl (C=O) groups is 2. The molecule has 0 aliphatic heterocycles. The average molecular weight is 200 g/mol. The van der Waals surface area contributed by atoms with E-state index in [4.69, 9.17) is 0 Å². The monoisotopic (exact) mass is 200 g/mol. The maximum Gasteiger partial charge on any atom is 0.306 e. The molecule has 0 radical (unpaired) electrons. The van der Waals surface area contributed by atoms with E-state index in [0.717, 1.165) is 6.42 Å². The largest absolute Gasteiger partial charge is 0.466 e. The van der Waals surface area contributed by atoms with E-state index in [2.05, 4.69) is 17.9 Å². The lowest BCUT2D eigenvalue weighted by Gasteiger charge is -1.99. The molecule has 3 heteroatoms. The lowest BCUT2D eigenvalue weighted by Crippen LogP contribution is -2.07. The van der Waals surface area contributed by atoms with Gasteiger partial charge in [0, 0.05) is 12.8 Å². The molecule has 0 aliphatic rings. The van der Waals surface area contributed by atoms with Gasteiger partial charge in [-0.05, 0) is 13.3 Å². The van der Waals surface area contributed by atoms with E-state index in [1.165, 1.54) is 0 Å². The maximum atomic E-state index is 10.9. The third-order valence-electron chi connectivity index (χ3n) is 1.44. The van der Waals surface area contributed by atoms with E-state index in [1.54, 1.807) is 6.92 Å². The second-order valence-corrected chi connectivity index (χ2v) is 2.59. The fraction of sp³-hybridized carbons (Fsp3) is 0.636. The van der Waals surface area contributed by atoms with Gasteiger partial charge in [0.15, 0.2) is 0 Å². The van der Waals surface area contributed by atoms with Gasteiger partial charge in [-0.3, -0.25) is 9.59 Å². The highest BCUT2D eigenvalue weighted by Crippen LogP contribution is 1.99. The minimum Gasteiger partial charge on any atom is -0.466 e. The van der Waals surface area contributed by atoms with E-state index in [9.17, 15) is 9.59 Å². The van der Waals surface area contributed by atoms with Gasteiger partial charge in [-0.15, -0.1) is 13.2 Å². The van der Waals surface area contributed by atoms with Crippen LogP contribution >= 0.6 is 0 Å². The Hall–Kier alpha value is -1.12. The third-order valence-corrected chi connectivity index (χ3v) is 1.44. The van der Waals surface area contributed by atoms with E-state index in [1.807, 2.05) is 6.92 Å². The maximum absolute atomic E-state index is 10.9. The molecule has 0 unspecified atom stereocenters. The van der Waals surface area contributed by atoms with Crippen molar-refractivity contribution in [2.45, 2.75) is 39.5 Å². The summed E-state index contributed by atoms with van der Waals surface area (Å²) in [5.74, 6) is -0.132. The molecule has 14 heavy (non-hydrogen) atoms. The van der Waals surface area contributed by atoms with Crippen molar-refractivity contribution < 1.29 is 14.3 Å². The molecule has 0 fully saturated rings. The molecule has 82 valence electrons. The topological polar surface area (TPSA) is 43.4 Å². The summed E-state index contributed by atoms with van der Waals surface area (Å²) < 4.78 is 4.68. The molecule has 0 aromatic rings. The third kappa shape index (κ3) is 10.9. The zero-order valence-corrected chi connectivity index (χ0v) is 9.17. The van der Waals surface area contributed by atoms with Gasteiger partial charge in [0.2, 0.25) is 0 Å². The first kappa shape index (κ1) is 15.4. The van der Waals surface area contributed by atoms with Crippen molar-refractivity contribution in [1.82, 2.24) is 0 Å². The first-order valence-corrected chi connectivity index (χ1v) is 4.88. The smallest absolute Gasteiger partial charge is 0.306 e. The Bertz CT molecular complexity index is 146. The van der Waals surface area contributed by atoms with Gasteiger partial charge in [0.1, 0.15) is 5.78 Å². The van der Waals surface area contributed by atoms with E-state index in [0.29, 0.717) is 19.4 Å². The molecular weight excluding hydrogens is 180 g/mol. The fourth-order valence-electron chi connectivity index (χ4n) is 0.878. The van der Waals surface area contributed by atoms with Crippen molar-refractivity contribution in [3.8, 4) is 0 Å². The number of hydrogen-bond donors (Lipinski definition) is 0. The molecule has 0 amide bonds. The highest BCUT2D eigenvalue weighted by molar-refractivity contribution is 5.82. The van der Waals surface area contributed by atoms with E-state index in [-0.39, 0.29) is 18.2 Å². The molecule has 0 aromatic heterocycles. The lowest BCUT2D eigenvalue weighted by atomic mass is 10.1. The molecule has 0 bridgehead atoms. The van der Waals surface area contributed by atoms with Gasteiger partial charge in [0.05, 0.1) is 13.0 Å². The molecule has 0 spiro atoms. The van der Waals surface area contributed by atoms with Crippen LogP contribution in [-0.2, 0) is 14.3 Å². The Morgan fingerprint density at radius 3 is 2.07 bits per heavy atom. The zero-order valence-electron chi connectivity index (χ0n) is 9.17. The average Bonchev–Trinajstić information content (AvgIpc) is 2.19. The van der Waals surface area contributed by atoms with E-state index < -0.39 is 0 Å². The fourth-order valence-corrected chi connectivity index (χ4v) is 0.878. The summed E-state index contributed by atoms with van der Waals surface area (Å²) in [6.07, 6.45) is 1.97. The first-order valence-electron chi connectivity index (χ1n) is 4.88. The summed E-state index contributed by atoms with van der Waals surface area (Å²) >= 11 is 0. The molecule has 0 aliphatic carbocycles. The molecule has 0 atom stereocenters. The van der Waals surface area contributed by atoms with Gasteiger partial charge >= 0.3 is 5.97 Å². The van der Waals surface area contributed by atoms with Gasteiger partial charge in [-0.25, -0.2) is 0 Å². The molecule has 0 N–H and O–H groups in total. The number of hydrogen-bond acceptors (Lipinski definition) is 3. The highest BCUT2D eigenvalue weighted by Gasteiger charge is 2.05. The summed E-state index contributed by atoms with van der Waals surface area (Å²) in [7, 11) is 0. The van der Waals surface area contributed by atoms with Crippen LogP contribution < -0.4 is 0 Å². The highest BCUT2D eigenvalue weighted by atomic mass is 16.5. The molecule has 0 saturated carbocycles. The molecule has 0 aromatic carbocycles. The van der Waals surface area contributed by atoms with Crippen molar-refractivity contribution >= 4 is 11.8 Å². The Balaban J connectivity index is 0. The summed E-state index contributed by atoms with van der Waals surface area (Å²) in [4.78, 5) is 21.7. The lowest BCUT2D eigenvalue weighted by molar-refractivity contribution is -0.144. The Morgan fingerprint density at radius 1 is 1.07 bits per heavy atom. The van der Waals surface area contributed by atoms with Crippen molar-refractivity contribution in [2.75, 3.05) is 6.61 Å². The van der Waals surface area contributed by atoms with Crippen molar-refractivity contribution in [1.29, 1.82) is 0 Å².